The number of alkyl halides is 3. The number of aromatic nitrogens is 2. The van der Waals surface area contributed by atoms with Crippen molar-refractivity contribution in [3.63, 3.8) is 0 Å². The van der Waals surface area contributed by atoms with Gasteiger partial charge in [0.15, 0.2) is 0 Å². The number of nitrogen functional groups attached to an aromatic ring is 1. The molecule has 3 atom stereocenters. The van der Waals surface area contributed by atoms with Gasteiger partial charge in [0.2, 0.25) is 17.9 Å². The molecule has 0 amide bonds. The van der Waals surface area contributed by atoms with E-state index in [0.717, 1.165) is 12.0 Å². The minimum atomic E-state index is -4.82. The zero-order chi connectivity index (χ0) is 31.1. The number of nitrogens with one attached hydrogen (secondary N) is 1. The third kappa shape index (κ3) is 6.63. The maximum absolute atomic E-state index is 14.6. The summed E-state index contributed by atoms with van der Waals surface area (Å²) in [6.45, 7) is 4.87. The topological polar surface area (TPSA) is 114 Å². The molecule has 2 saturated heterocycles. The number of hydrogen-bond acceptors (Lipinski definition) is 7. The molecular weight excluding hydrogens is 606 g/mol. The van der Waals surface area contributed by atoms with Crippen molar-refractivity contribution in [1.82, 2.24) is 15.3 Å². The van der Waals surface area contributed by atoms with Crippen LogP contribution in [0.2, 0.25) is 10.0 Å². The molecule has 43 heavy (non-hydrogen) atoms. The molecule has 2 unspecified atom stereocenters. The molecule has 8 nitrogen and oxygen atoms in total. The quantitative estimate of drug-likeness (QED) is 0.258. The summed E-state index contributed by atoms with van der Waals surface area (Å²) in [5.41, 5.74) is 7.06. The number of aryl methyl sites for hydroxylation is 1. The van der Waals surface area contributed by atoms with Gasteiger partial charge in [-0.3, -0.25) is 4.79 Å². The van der Waals surface area contributed by atoms with Crippen LogP contribution in [0.15, 0.2) is 42.5 Å². The normalized spacial score (nSPS) is 20.8. The molecule has 0 aliphatic carbocycles. The first kappa shape index (κ1) is 31.2. The minimum Gasteiger partial charge on any atom is -0.480 e. The van der Waals surface area contributed by atoms with Crippen molar-refractivity contribution in [3.8, 4) is 17.0 Å². The van der Waals surface area contributed by atoms with Gasteiger partial charge in [-0.1, -0.05) is 42.3 Å². The Morgan fingerprint density at radius 2 is 1.88 bits per heavy atom. The number of rotatable bonds is 7. The van der Waals surface area contributed by atoms with Crippen molar-refractivity contribution in [1.29, 1.82) is 0 Å². The van der Waals surface area contributed by atoms with Crippen LogP contribution in [0.3, 0.4) is 0 Å². The number of anilines is 2. The van der Waals surface area contributed by atoms with Crippen molar-refractivity contribution in [2.24, 2.45) is 5.41 Å². The number of halogens is 5. The summed E-state index contributed by atoms with van der Waals surface area (Å²) in [6.07, 6.45) is -4.51. The molecule has 2 fully saturated rings. The molecule has 1 aromatic heterocycles. The zero-order valence-electron chi connectivity index (χ0n) is 23.6. The largest absolute Gasteiger partial charge is 0.480 e. The van der Waals surface area contributed by atoms with Gasteiger partial charge in [-0.05, 0) is 79.0 Å². The fraction of sp³-hybridized carbons (Fsp3) is 0.433. The number of ether oxygens (including phenoxy) is 1. The van der Waals surface area contributed by atoms with Crippen molar-refractivity contribution < 1.29 is 27.8 Å². The molecule has 0 saturated carbocycles. The molecule has 0 radical (unpaired) electrons. The highest BCUT2D eigenvalue weighted by Gasteiger charge is 2.50. The molecule has 230 valence electrons. The second-order valence-corrected chi connectivity index (χ2v) is 12.2. The number of carboxylic acids is 1. The predicted octanol–water partition coefficient (Wildman–Crippen LogP) is 6.84. The highest BCUT2D eigenvalue weighted by molar-refractivity contribution is 6.31. The van der Waals surface area contributed by atoms with Crippen LogP contribution in [0, 0.1) is 12.3 Å². The fourth-order valence-electron chi connectivity index (χ4n) is 6.45. The second-order valence-electron chi connectivity index (χ2n) is 11.3. The van der Waals surface area contributed by atoms with Crippen LogP contribution >= 0.6 is 23.2 Å². The molecule has 2 aromatic carbocycles. The van der Waals surface area contributed by atoms with Crippen LogP contribution in [-0.2, 0) is 4.79 Å². The first-order chi connectivity index (χ1) is 20.3. The highest BCUT2D eigenvalue weighted by atomic mass is 35.5. The number of piperidine rings is 1. The molecule has 5 rings (SSSR count). The van der Waals surface area contributed by atoms with Gasteiger partial charge in [0.05, 0.1) is 0 Å². The van der Waals surface area contributed by atoms with Crippen LogP contribution in [0.1, 0.15) is 49.8 Å². The first-order valence-corrected chi connectivity index (χ1v) is 14.7. The molecule has 2 aliphatic rings. The van der Waals surface area contributed by atoms with E-state index in [9.17, 15) is 23.1 Å². The molecule has 1 spiro atoms. The van der Waals surface area contributed by atoms with Crippen LogP contribution in [0.4, 0.5) is 24.9 Å². The number of aliphatic carboxylic acids is 1. The van der Waals surface area contributed by atoms with E-state index in [4.69, 9.17) is 33.7 Å². The van der Waals surface area contributed by atoms with Crippen molar-refractivity contribution in [2.45, 2.75) is 63.9 Å². The van der Waals surface area contributed by atoms with Gasteiger partial charge in [0.25, 0.3) is 0 Å². The maximum Gasteiger partial charge on any atom is 0.429 e. The summed E-state index contributed by atoms with van der Waals surface area (Å²) >= 11 is 12.4. The Balaban J connectivity index is 1.43. The summed E-state index contributed by atoms with van der Waals surface area (Å²) < 4.78 is 49.4. The fourth-order valence-corrected chi connectivity index (χ4v) is 6.91. The number of carboxylic acid groups (broad SMARTS) is 1. The second kappa shape index (κ2) is 12.0. The van der Waals surface area contributed by atoms with Gasteiger partial charge in [-0.15, -0.1) is 0 Å². The van der Waals surface area contributed by atoms with E-state index in [0.29, 0.717) is 48.8 Å². The minimum absolute atomic E-state index is 0.0644. The van der Waals surface area contributed by atoms with Gasteiger partial charge < -0.3 is 25.8 Å². The molecule has 2 aliphatic heterocycles. The lowest BCUT2D eigenvalue weighted by atomic mass is 9.71. The molecule has 0 bridgehead atoms. The Kier molecular flexibility index (Phi) is 8.70. The van der Waals surface area contributed by atoms with E-state index in [-0.39, 0.29) is 39.4 Å². The Hall–Kier alpha value is -3.28. The summed E-state index contributed by atoms with van der Waals surface area (Å²) in [4.78, 5) is 21.8. The molecule has 13 heteroatoms. The standard InChI is InChI=1S/C30H32Cl2F3N5O3/c1-3-23-29(15-22(37-23)27(41)42)6-8-40(9-7-29)24-14-25(39-28(36)38-24)43-26(30(33,34)35)20-5-4-18(31)13-21(20)17-10-16(2)11-19(32)12-17/h4-5,10-14,22-23,26,37H,3,6-9,15H2,1-2H3,(H,41,42)(H2,36,38,39)/t22?,23?,26-/m1/s1. The van der Waals surface area contributed by atoms with Gasteiger partial charge >= 0.3 is 12.1 Å². The number of carbonyl (C=O) groups is 1. The first-order valence-electron chi connectivity index (χ1n) is 14.0. The number of hydrogen-bond donors (Lipinski definition) is 3. The Morgan fingerprint density at radius 1 is 1.16 bits per heavy atom. The van der Waals surface area contributed by atoms with E-state index in [1.807, 2.05) is 11.8 Å². The molecule has 3 heterocycles. The monoisotopic (exact) mass is 637 g/mol. The molecule has 3 aromatic rings. The predicted molar refractivity (Wildman–Crippen MR) is 160 cm³/mol. The third-order valence-corrected chi connectivity index (χ3v) is 8.89. The van der Waals surface area contributed by atoms with Crippen molar-refractivity contribution >= 4 is 40.9 Å². The van der Waals surface area contributed by atoms with Gasteiger partial charge in [-0.2, -0.15) is 23.1 Å². The smallest absolute Gasteiger partial charge is 0.429 e. The highest BCUT2D eigenvalue weighted by Crippen LogP contribution is 2.46. The summed E-state index contributed by atoms with van der Waals surface area (Å²) in [7, 11) is 0. The van der Waals surface area contributed by atoms with Gasteiger partial charge in [-0.25, -0.2) is 0 Å². The summed E-state index contributed by atoms with van der Waals surface area (Å²) in [6, 6.07) is 9.93. The van der Waals surface area contributed by atoms with E-state index < -0.39 is 24.3 Å². The van der Waals surface area contributed by atoms with E-state index in [2.05, 4.69) is 15.3 Å². The average molecular weight is 639 g/mol. The van der Waals surface area contributed by atoms with Crippen molar-refractivity contribution in [3.05, 3.63) is 63.6 Å². The van der Waals surface area contributed by atoms with Crippen molar-refractivity contribution in [2.75, 3.05) is 23.7 Å². The maximum atomic E-state index is 14.6. The Bertz CT molecular complexity index is 1490. The summed E-state index contributed by atoms with van der Waals surface area (Å²) in [5, 5.41) is 13.4. The lowest BCUT2D eigenvalue weighted by molar-refractivity contribution is -0.198. The lowest BCUT2D eigenvalue weighted by Crippen LogP contribution is -2.46. The zero-order valence-corrected chi connectivity index (χ0v) is 25.1. The van der Waals surface area contributed by atoms with Gasteiger partial charge in [0, 0.05) is 40.8 Å². The third-order valence-electron chi connectivity index (χ3n) is 8.44. The number of benzene rings is 2. The molecule has 4 N–H and O–H groups in total. The van der Waals surface area contributed by atoms with Gasteiger partial charge in [0.1, 0.15) is 11.9 Å². The Labute approximate surface area is 257 Å². The van der Waals surface area contributed by atoms with E-state index >= 15 is 0 Å². The van der Waals surface area contributed by atoms with E-state index in [1.165, 1.54) is 24.3 Å². The number of nitrogens with zero attached hydrogens (tertiary/aromatic N) is 3. The van der Waals surface area contributed by atoms with E-state index in [1.54, 1.807) is 25.1 Å². The van der Waals surface area contributed by atoms with Crippen LogP contribution in [0.25, 0.3) is 11.1 Å². The SMILES string of the molecule is CCC1NC(C(=O)O)CC12CCN(c1cc(O[C@H](c3ccc(Cl)cc3-c3cc(C)cc(Cl)c3)C(F)(F)F)nc(N)n1)CC2. The van der Waals surface area contributed by atoms with Crippen LogP contribution in [-0.4, -0.2) is 52.4 Å². The average Bonchev–Trinajstić information content (AvgIpc) is 3.29. The number of nitrogens with two attached hydrogens (primary N) is 1. The van der Waals surface area contributed by atoms with Crippen LogP contribution in [0.5, 0.6) is 5.88 Å². The summed E-state index contributed by atoms with van der Waals surface area (Å²) in [5.74, 6) is -1.07. The van der Waals surface area contributed by atoms with Crippen LogP contribution < -0.4 is 20.7 Å². The molecular formula is C30H32Cl2F3N5O3. The Morgan fingerprint density at radius 3 is 2.51 bits per heavy atom. The lowest BCUT2D eigenvalue weighted by Gasteiger charge is -2.43.